The molecule has 6 heteroatoms. The highest BCUT2D eigenvalue weighted by Crippen LogP contribution is 2.41. The maximum atomic E-state index is 13.4. The second-order valence-electron chi connectivity index (χ2n) is 8.10. The Morgan fingerprint density at radius 3 is 2.37 bits per heavy atom. The van der Waals surface area contributed by atoms with Crippen LogP contribution in [0.15, 0.2) is 47.4 Å². The van der Waals surface area contributed by atoms with E-state index in [2.05, 4.69) is 19.0 Å². The minimum Gasteiger partial charge on any atom is -0.380 e. The van der Waals surface area contributed by atoms with Gasteiger partial charge in [0.05, 0.1) is 11.0 Å². The van der Waals surface area contributed by atoms with Gasteiger partial charge in [0.2, 0.25) is 10.0 Å². The van der Waals surface area contributed by atoms with Crippen LogP contribution in [0.4, 0.5) is 0 Å². The van der Waals surface area contributed by atoms with Crippen molar-refractivity contribution in [3.05, 3.63) is 42.5 Å². The molecule has 2 aliphatic rings. The molecule has 27 heavy (non-hydrogen) atoms. The van der Waals surface area contributed by atoms with E-state index in [4.69, 9.17) is 4.74 Å². The Labute approximate surface area is 162 Å². The number of nitrogens with zero attached hydrogens (tertiary/aromatic N) is 2. The number of hydrogen-bond donors (Lipinski definition) is 0. The summed E-state index contributed by atoms with van der Waals surface area (Å²) in [5.74, 6) is 0.768. The molecule has 0 amide bonds. The molecule has 0 unspecified atom stereocenters. The van der Waals surface area contributed by atoms with Gasteiger partial charge in [0.1, 0.15) is 0 Å². The van der Waals surface area contributed by atoms with Gasteiger partial charge in [0, 0.05) is 31.6 Å². The lowest BCUT2D eigenvalue weighted by Gasteiger charge is -2.40. The third kappa shape index (κ3) is 3.29. The molecule has 4 atom stereocenters. The molecule has 1 saturated heterocycles. The van der Waals surface area contributed by atoms with Crippen molar-refractivity contribution >= 4 is 20.8 Å². The van der Waals surface area contributed by atoms with E-state index in [9.17, 15) is 8.42 Å². The monoisotopic (exact) mass is 388 g/mol. The second-order valence-corrected chi connectivity index (χ2v) is 10.0. The smallest absolute Gasteiger partial charge is 0.243 e. The fraction of sp³-hybridized carbons (Fsp3) is 0.524. The van der Waals surface area contributed by atoms with Gasteiger partial charge in [-0.2, -0.15) is 4.31 Å². The summed E-state index contributed by atoms with van der Waals surface area (Å²) in [6, 6.07) is 13.6. The molecule has 2 fully saturated rings. The van der Waals surface area contributed by atoms with E-state index in [0.29, 0.717) is 35.9 Å². The van der Waals surface area contributed by atoms with Crippen LogP contribution in [0.2, 0.25) is 0 Å². The number of hydrogen-bond acceptors (Lipinski definition) is 4. The van der Waals surface area contributed by atoms with Crippen molar-refractivity contribution in [3.8, 4) is 0 Å². The standard InChI is InChI=1S/C21H28N2O3S/c1-22(2)19-11-16-13-23(14-17(16)12-20(19)26-3)27(24,25)21-10-6-8-15-7-4-5-9-18(15)21/h4-10,16-17,19-20H,11-14H2,1-3H3/t16-,17+,19-,20-/m1/s1. The van der Waals surface area contributed by atoms with E-state index in [1.165, 1.54) is 0 Å². The lowest BCUT2D eigenvalue weighted by Crippen LogP contribution is -2.47. The Morgan fingerprint density at radius 2 is 1.67 bits per heavy atom. The van der Waals surface area contributed by atoms with Crippen LogP contribution < -0.4 is 0 Å². The average molecular weight is 389 g/mol. The summed E-state index contributed by atoms with van der Waals surface area (Å²) >= 11 is 0. The van der Waals surface area contributed by atoms with Crippen LogP contribution in [0.3, 0.4) is 0 Å². The lowest BCUT2D eigenvalue weighted by atomic mass is 9.77. The topological polar surface area (TPSA) is 49.9 Å². The Balaban J connectivity index is 1.63. The van der Waals surface area contributed by atoms with Crippen LogP contribution in [0.5, 0.6) is 0 Å². The molecule has 4 rings (SSSR count). The van der Waals surface area contributed by atoms with Crippen LogP contribution in [-0.2, 0) is 14.8 Å². The lowest BCUT2D eigenvalue weighted by molar-refractivity contribution is -0.0209. The molecule has 0 N–H and O–H groups in total. The number of benzene rings is 2. The van der Waals surface area contributed by atoms with Gasteiger partial charge in [-0.3, -0.25) is 0 Å². The number of likely N-dealkylation sites (N-methyl/N-ethyl adjacent to an activating group) is 1. The molecule has 1 saturated carbocycles. The highest BCUT2D eigenvalue weighted by Gasteiger charge is 2.46. The van der Waals surface area contributed by atoms with Crippen molar-refractivity contribution in [2.24, 2.45) is 11.8 Å². The highest BCUT2D eigenvalue weighted by molar-refractivity contribution is 7.89. The molecule has 1 aliphatic carbocycles. The second kappa shape index (κ2) is 7.17. The fourth-order valence-electron chi connectivity index (χ4n) is 4.90. The summed E-state index contributed by atoms with van der Waals surface area (Å²) in [4.78, 5) is 2.64. The third-order valence-corrected chi connectivity index (χ3v) is 8.27. The predicted octanol–water partition coefficient (Wildman–Crippen LogP) is 2.82. The Hall–Kier alpha value is -1.47. The summed E-state index contributed by atoms with van der Waals surface area (Å²) in [6.07, 6.45) is 2.07. The summed E-state index contributed by atoms with van der Waals surface area (Å²) in [6.45, 7) is 1.20. The molecule has 2 aromatic rings. The van der Waals surface area contributed by atoms with Crippen molar-refractivity contribution in [1.82, 2.24) is 9.21 Å². The minimum absolute atomic E-state index is 0.168. The van der Waals surface area contributed by atoms with Gasteiger partial charge in [-0.05, 0) is 50.2 Å². The highest BCUT2D eigenvalue weighted by atomic mass is 32.2. The van der Waals surface area contributed by atoms with E-state index in [0.717, 1.165) is 23.6 Å². The summed E-state index contributed by atoms with van der Waals surface area (Å²) in [5, 5.41) is 1.76. The van der Waals surface area contributed by atoms with Gasteiger partial charge in [-0.15, -0.1) is 0 Å². The zero-order valence-electron chi connectivity index (χ0n) is 16.2. The van der Waals surface area contributed by atoms with Gasteiger partial charge < -0.3 is 9.64 Å². The Morgan fingerprint density at radius 1 is 1.00 bits per heavy atom. The van der Waals surface area contributed by atoms with Gasteiger partial charge in [0.15, 0.2) is 0 Å². The van der Waals surface area contributed by atoms with Crippen molar-refractivity contribution in [1.29, 1.82) is 0 Å². The van der Waals surface area contributed by atoms with E-state index in [1.807, 2.05) is 36.4 Å². The summed E-state index contributed by atoms with van der Waals surface area (Å²) < 4.78 is 34.3. The first-order valence-corrected chi connectivity index (χ1v) is 11.0. The number of ether oxygens (including phenoxy) is 1. The number of fused-ring (bicyclic) bond motifs is 2. The number of rotatable bonds is 4. The van der Waals surface area contributed by atoms with E-state index in [-0.39, 0.29) is 6.10 Å². The first kappa shape index (κ1) is 18.9. The quantitative estimate of drug-likeness (QED) is 0.808. The number of methoxy groups -OCH3 is 1. The number of sulfonamides is 1. The zero-order chi connectivity index (χ0) is 19.2. The van der Waals surface area contributed by atoms with Crippen LogP contribution >= 0.6 is 0 Å². The average Bonchev–Trinajstić information content (AvgIpc) is 3.10. The maximum Gasteiger partial charge on any atom is 0.243 e. The largest absolute Gasteiger partial charge is 0.380 e. The van der Waals surface area contributed by atoms with Crippen molar-refractivity contribution in [2.45, 2.75) is 29.9 Å². The maximum absolute atomic E-state index is 13.4. The van der Waals surface area contributed by atoms with Crippen LogP contribution in [0.25, 0.3) is 10.8 Å². The minimum atomic E-state index is -3.51. The van der Waals surface area contributed by atoms with Gasteiger partial charge in [-0.1, -0.05) is 36.4 Å². The molecule has 1 aliphatic heterocycles. The van der Waals surface area contributed by atoms with Crippen LogP contribution in [0, 0.1) is 11.8 Å². The van der Waals surface area contributed by atoms with Crippen LogP contribution in [0.1, 0.15) is 12.8 Å². The molecule has 0 bridgehead atoms. The fourth-order valence-corrected chi connectivity index (χ4v) is 6.67. The first-order chi connectivity index (χ1) is 12.9. The molecular formula is C21H28N2O3S. The van der Waals surface area contributed by atoms with Crippen molar-refractivity contribution in [2.75, 3.05) is 34.3 Å². The SMILES string of the molecule is CO[C@@H]1C[C@H]2CN(S(=O)(=O)c3cccc4ccccc34)C[C@H]2C[C@H]1N(C)C. The molecule has 2 aromatic carbocycles. The third-order valence-electron chi connectivity index (χ3n) is 6.38. The summed E-state index contributed by atoms with van der Waals surface area (Å²) in [5.41, 5.74) is 0. The van der Waals surface area contributed by atoms with Gasteiger partial charge in [-0.25, -0.2) is 8.42 Å². The van der Waals surface area contributed by atoms with Gasteiger partial charge in [0.25, 0.3) is 0 Å². The first-order valence-electron chi connectivity index (χ1n) is 9.59. The van der Waals surface area contributed by atoms with Crippen molar-refractivity contribution < 1.29 is 13.2 Å². The van der Waals surface area contributed by atoms with Crippen LogP contribution in [-0.4, -0.2) is 64.1 Å². The normalized spacial score (nSPS) is 29.3. The molecule has 0 spiro atoms. The van der Waals surface area contributed by atoms with Gasteiger partial charge >= 0.3 is 0 Å². The van der Waals surface area contributed by atoms with E-state index >= 15 is 0 Å². The van der Waals surface area contributed by atoms with Crippen molar-refractivity contribution in [3.63, 3.8) is 0 Å². The Bertz CT molecular complexity index is 923. The molecule has 5 nitrogen and oxygen atoms in total. The van der Waals surface area contributed by atoms with E-state index < -0.39 is 10.0 Å². The molecule has 146 valence electrons. The molecule has 1 heterocycles. The molecule has 0 aromatic heterocycles. The summed E-state index contributed by atoms with van der Waals surface area (Å²) in [7, 11) is 2.42. The molecule has 0 radical (unpaired) electrons. The predicted molar refractivity (Wildman–Crippen MR) is 107 cm³/mol. The zero-order valence-corrected chi connectivity index (χ0v) is 17.0. The molecular weight excluding hydrogens is 360 g/mol. The van der Waals surface area contributed by atoms with E-state index in [1.54, 1.807) is 17.5 Å². The Kier molecular flexibility index (Phi) is 5.01.